The highest BCUT2D eigenvalue weighted by atomic mass is 16.4. The number of hydrogen-bond acceptors (Lipinski definition) is 4. The summed E-state index contributed by atoms with van der Waals surface area (Å²) in [6.45, 7) is 27.2. The van der Waals surface area contributed by atoms with Crippen LogP contribution >= 0.6 is 0 Å². The van der Waals surface area contributed by atoms with Gasteiger partial charge in [0.1, 0.15) is 11.2 Å². The summed E-state index contributed by atoms with van der Waals surface area (Å²) >= 11 is 0. The lowest BCUT2D eigenvalue weighted by Crippen LogP contribution is -2.61. The van der Waals surface area contributed by atoms with Crippen molar-refractivity contribution in [2.24, 2.45) is 0 Å². The molecule has 0 saturated carbocycles. The summed E-state index contributed by atoms with van der Waals surface area (Å²) in [4.78, 5) is 4.72. The molecule has 7 aromatic rings. The largest absolute Gasteiger partial charge is 0.440 e. The van der Waals surface area contributed by atoms with E-state index in [0.717, 1.165) is 45.1 Å². The number of benzene rings is 5. The zero-order valence-corrected chi connectivity index (χ0v) is 34.6. The minimum atomic E-state index is -0.0570. The molecular formula is C50H53BN2O2. The first kappa shape index (κ1) is 35.5. The first-order valence-electron chi connectivity index (χ1n) is 19.9. The number of hydrogen-bond donors (Lipinski definition) is 0. The first-order valence-corrected chi connectivity index (χ1v) is 19.9. The van der Waals surface area contributed by atoms with Crippen LogP contribution in [0.5, 0.6) is 0 Å². The fourth-order valence-corrected chi connectivity index (χ4v) is 8.59. The van der Waals surface area contributed by atoms with Crippen molar-refractivity contribution in [2.45, 2.75) is 105 Å². The van der Waals surface area contributed by atoms with E-state index in [9.17, 15) is 0 Å². The molecule has 0 spiro atoms. The number of furan rings is 2. The predicted molar refractivity (Wildman–Crippen MR) is 235 cm³/mol. The second-order valence-corrected chi connectivity index (χ2v) is 20.0. The van der Waals surface area contributed by atoms with Crippen LogP contribution in [0.15, 0.2) is 112 Å². The molecule has 0 N–H and O–H groups in total. The van der Waals surface area contributed by atoms with Gasteiger partial charge in [0.05, 0.1) is 0 Å². The molecule has 0 saturated heterocycles. The summed E-state index contributed by atoms with van der Waals surface area (Å²) in [5.74, 6) is 1.57. The lowest BCUT2D eigenvalue weighted by Gasteiger charge is -2.42. The van der Waals surface area contributed by atoms with E-state index in [1.54, 1.807) is 0 Å². The van der Waals surface area contributed by atoms with Gasteiger partial charge < -0.3 is 13.7 Å². The van der Waals surface area contributed by atoms with Crippen LogP contribution in [0.1, 0.15) is 105 Å². The third-order valence-electron chi connectivity index (χ3n) is 11.9. The van der Waals surface area contributed by atoms with E-state index in [4.69, 9.17) is 8.83 Å². The van der Waals surface area contributed by atoms with E-state index >= 15 is 0 Å². The molecule has 2 aliphatic heterocycles. The Balaban J connectivity index is 1.36. The normalized spacial score (nSPS) is 14.4. The smallest absolute Gasteiger partial charge is 0.257 e. The maximum atomic E-state index is 7.14. The van der Waals surface area contributed by atoms with Crippen molar-refractivity contribution in [3.8, 4) is 0 Å². The van der Waals surface area contributed by atoms with Gasteiger partial charge in [0.2, 0.25) is 11.8 Å². The van der Waals surface area contributed by atoms with Crippen LogP contribution in [-0.4, -0.2) is 6.71 Å². The minimum absolute atomic E-state index is 0.00248. The number of rotatable bonds is 2. The molecular weight excluding hydrogens is 671 g/mol. The van der Waals surface area contributed by atoms with Gasteiger partial charge in [0.15, 0.2) is 0 Å². The van der Waals surface area contributed by atoms with Gasteiger partial charge >= 0.3 is 0 Å². The summed E-state index contributed by atoms with van der Waals surface area (Å²) in [6, 6.07) is 38.7. The van der Waals surface area contributed by atoms with E-state index < -0.39 is 0 Å². The third kappa shape index (κ3) is 5.64. The molecule has 4 nitrogen and oxygen atoms in total. The summed E-state index contributed by atoms with van der Waals surface area (Å²) in [5.41, 5.74) is 15.2. The quantitative estimate of drug-likeness (QED) is 0.166. The highest BCUT2D eigenvalue weighted by Crippen LogP contribution is 2.47. The molecule has 2 aliphatic rings. The van der Waals surface area contributed by atoms with Crippen LogP contribution in [0.3, 0.4) is 0 Å². The first-order chi connectivity index (χ1) is 25.8. The van der Waals surface area contributed by atoms with Gasteiger partial charge in [-0.15, -0.1) is 0 Å². The van der Waals surface area contributed by atoms with Crippen LogP contribution in [0.4, 0.5) is 34.5 Å². The highest BCUT2D eigenvalue weighted by molar-refractivity contribution is 7.01. The molecule has 278 valence electrons. The van der Waals surface area contributed by atoms with E-state index in [0.29, 0.717) is 0 Å². The fraction of sp³-hybridized carbons (Fsp3) is 0.320. The molecule has 9 rings (SSSR count). The zero-order chi connectivity index (χ0) is 39.0. The lowest BCUT2D eigenvalue weighted by molar-refractivity contribution is 0.571. The Bertz CT molecular complexity index is 2650. The maximum absolute atomic E-state index is 7.14. The van der Waals surface area contributed by atoms with Crippen LogP contribution in [0, 0.1) is 0 Å². The predicted octanol–water partition coefficient (Wildman–Crippen LogP) is 12.5. The van der Waals surface area contributed by atoms with Crippen LogP contribution in [-0.2, 0) is 21.7 Å². The molecule has 55 heavy (non-hydrogen) atoms. The average molecular weight is 725 g/mol. The van der Waals surface area contributed by atoms with Gasteiger partial charge in [-0.25, -0.2) is 0 Å². The van der Waals surface area contributed by atoms with Gasteiger partial charge in [0, 0.05) is 45.1 Å². The van der Waals surface area contributed by atoms with Gasteiger partial charge in [-0.3, -0.25) is 4.90 Å². The Labute approximate surface area is 327 Å². The van der Waals surface area contributed by atoms with Crippen LogP contribution in [0.2, 0.25) is 0 Å². The average Bonchev–Trinajstić information content (AvgIpc) is 3.71. The van der Waals surface area contributed by atoms with Gasteiger partial charge in [-0.1, -0.05) is 138 Å². The lowest BCUT2D eigenvalue weighted by atomic mass is 9.33. The Morgan fingerprint density at radius 3 is 1.64 bits per heavy atom. The number of fused-ring (bicyclic) bond motifs is 7. The molecule has 5 heteroatoms. The second kappa shape index (κ2) is 11.7. The molecule has 0 fully saturated rings. The fourth-order valence-electron chi connectivity index (χ4n) is 8.59. The van der Waals surface area contributed by atoms with Crippen LogP contribution < -0.4 is 26.2 Å². The van der Waals surface area contributed by atoms with E-state index in [1.807, 2.05) is 0 Å². The summed E-state index contributed by atoms with van der Waals surface area (Å²) in [6.07, 6.45) is 0. The Morgan fingerprint density at radius 2 is 1.00 bits per heavy atom. The van der Waals surface area contributed by atoms with Crippen molar-refractivity contribution >= 4 is 79.6 Å². The van der Waals surface area contributed by atoms with Crippen molar-refractivity contribution < 1.29 is 8.83 Å². The van der Waals surface area contributed by atoms with Gasteiger partial charge in [-0.05, 0) is 97.3 Å². The van der Waals surface area contributed by atoms with E-state index in [2.05, 4.69) is 196 Å². The van der Waals surface area contributed by atoms with E-state index in [1.165, 1.54) is 50.0 Å². The summed E-state index contributed by atoms with van der Waals surface area (Å²) in [5, 5.41) is 2.21. The molecule has 0 bridgehead atoms. The van der Waals surface area contributed by atoms with Crippen molar-refractivity contribution in [3.63, 3.8) is 0 Å². The number of nitrogens with zero attached hydrogens (tertiary/aromatic N) is 2. The number of anilines is 6. The molecule has 0 aliphatic carbocycles. The molecule has 0 amide bonds. The van der Waals surface area contributed by atoms with Crippen molar-refractivity contribution in [1.29, 1.82) is 0 Å². The standard InChI is InChI=1S/C50H53BN2O2/c1-47(2,3)31-18-22-35(23-19-31)52-38-25-21-32(48(4,5)6)27-37(38)51-44-36-24-20-34(50(10,11)12)29-42(36)55-46(44)53(40-15-13-14-39(52)45(40)51)43-26-30-16-17-33(49(7,8)9)28-41(30)54-43/h13-29H,1-12H3. The van der Waals surface area contributed by atoms with Crippen molar-refractivity contribution in [3.05, 3.63) is 125 Å². The molecule has 2 aromatic heterocycles. The zero-order valence-electron chi connectivity index (χ0n) is 34.6. The molecule has 0 atom stereocenters. The van der Waals surface area contributed by atoms with Gasteiger partial charge in [-0.2, -0.15) is 0 Å². The molecule has 0 radical (unpaired) electrons. The monoisotopic (exact) mass is 724 g/mol. The minimum Gasteiger partial charge on any atom is -0.440 e. The summed E-state index contributed by atoms with van der Waals surface area (Å²) < 4.78 is 14.0. The second-order valence-electron chi connectivity index (χ2n) is 20.0. The topological polar surface area (TPSA) is 32.8 Å². The SMILES string of the molecule is CC(C)(C)c1ccc(N2c3ccc(C(C)(C)C)cc3B3c4c2cccc4N(c2cc4ccc(C(C)(C)C)cc4o2)c2oc4cc(C(C)(C)C)ccc4c23)cc1. The Kier molecular flexibility index (Phi) is 7.55. The molecule has 4 heterocycles. The maximum Gasteiger partial charge on any atom is 0.257 e. The van der Waals surface area contributed by atoms with E-state index in [-0.39, 0.29) is 28.4 Å². The Morgan fingerprint density at radius 1 is 0.455 bits per heavy atom. The highest BCUT2D eigenvalue weighted by Gasteiger charge is 2.47. The Hall–Kier alpha value is -5.16. The summed E-state index contributed by atoms with van der Waals surface area (Å²) in [7, 11) is 0. The third-order valence-corrected chi connectivity index (χ3v) is 11.9. The van der Waals surface area contributed by atoms with Crippen molar-refractivity contribution in [2.75, 3.05) is 9.80 Å². The van der Waals surface area contributed by atoms with Crippen molar-refractivity contribution in [1.82, 2.24) is 0 Å². The molecule has 0 unspecified atom stereocenters. The van der Waals surface area contributed by atoms with Crippen LogP contribution in [0.25, 0.3) is 21.9 Å². The van der Waals surface area contributed by atoms with Gasteiger partial charge in [0.25, 0.3) is 6.71 Å². The molecule has 5 aromatic carbocycles.